The molecule has 0 N–H and O–H groups in total. The van der Waals surface area contributed by atoms with Gasteiger partial charge in [0.15, 0.2) is 0 Å². The zero-order valence-corrected chi connectivity index (χ0v) is 12.0. The van der Waals surface area contributed by atoms with Gasteiger partial charge in [0, 0.05) is 0 Å². The van der Waals surface area contributed by atoms with Gasteiger partial charge in [-0.25, -0.2) is 24.3 Å². The van der Waals surface area contributed by atoms with Crippen LogP contribution in [0.1, 0.15) is 19.8 Å². The van der Waals surface area contributed by atoms with Crippen molar-refractivity contribution in [2.75, 3.05) is 0 Å². The molecule has 0 aliphatic heterocycles. The Morgan fingerprint density at radius 3 is 1.56 bits per heavy atom. The van der Waals surface area contributed by atoms with Gasteiger partial charge >= 0.3 is 21.7 Å². The van der Waals surface area contributed by atoms with Crippen LogP contribution in [0, 0.1) is 19.1 Å². The molecule has 0 radical (unpaired) electrons. The first-order chi connectivity index (χ1) is 8.39. The number of hydrogen-bond acceptors (Lipinski definition) is 0. The maximum Gasteiger partial charge on any atom is 4.00 e. The number of hydrogen-bond donors (Lipinski definition) is 0. The maximum absolute atomic E-state index is 3.72. The van der Waals surface area contributed by atoms with Crippen LogP contribution in [0.2, 0.25) is 0 Å². The molecule has 90 valence electrons. The van der Waals surface area contributed by atoms with Crippen LogP contribution in [-0.2, 0) is 21.7 Å². The van der Waals surface area contributed by atoms with E-state index in [-0.39, 0.29) is 23.1 Å². The van der Waals surface area contributed by atoms with Crippen molar-refractivity contribution < 1.29 is 23.1 Å². The minimum absolute atomic E-state index is 0. The van der Waals surface area contributed by atoms with Gasteiger partial charge in [0.05, 0.1) is 0 Å². The molecule has 0 spiro atoms. The van der Waals surface area contributed by atoms with Crippen molar-refractivity contribution in [2.24, 2.45) is 0 Å². The molecule has 0 nitrogen and oxygen atoms in total. The summed E-state index contributed by atoms with van der Waals surface area (Å²) in [6, 6.07) is 9.87. The van der Waals surface area contributed by atoms with Crippen LogP contribution in [0.5, 0.6) is 0 Å². The van der Waals surface area contributed by atoms with E-state index in [4.69, 9.17) is 0 Å². The Morgan fingerprint density at radius 2 is 1.39 bits per heavy atom. The van der Waals surface area contributed by atoms with Crippen LogP contribution in [0.25, 0.3) is 0 Å². The van der Waals surface area contributed by atoms with E-state index in [1.54, 1.807) is 0 Å². The SMILES string of the molecule is [C-]1=CC=CC1.[C-]1=CC=CC1.[CH2-]c1ccccc1.[H-].[Ti+4]. The molecule has 1 aromatic rings. The van der Waals surface area contributed by atoms with Crippen LogP contribution in [0.15, 0.2) is 66.8 Å². The molecule has 0 fully saturated rings. The molecule has 0 atom stereocenters. The van der Waals surface area contributed by atoms with Gasteiger partial charge in [-0.2, -0.15) is 36.8 Å². The first kappa shape index (κ1) is 16.8. The van der Waals surface area contributed by atoms with Crippen molar-refractivity contribution >= 4 is 0 Å². The fraction of sp³-hybridized carbons (Fsp3) is 0.118. The van der Waals surface area contributed by atoms with Gasteiger partial charge in [0.1, 0.15) is 0 Å². The summed E-state index contributed by atoms with van der Waals surface area (Å²) in [5.74, 6) is 0. The smallest absolute Gasteiger partial charge is 1.00 e. The fourth-order valence-electron chi connectivity index (χ4n) is 1.16. The van der Waals surface area contributed by atoms with Crippen molar-refractivity contribution in [1.82, 2.24) is 0 Å². The molecule has 0 bridgehead atoms. The van der Waals surface area contributed by atoms with Crippen molar-refractivity contribution in [1.29, 1.82) is 0 Å². The Morgan fingerprint density at radius 1 is 0.889 bits per heavy atom. The molecule has 3 rings (SSSR count). The van der Waals surface area contributed by atoms with Crippen LogP contribution in [0.4, 0.5) is 0 Å². The zero-order valence-electron chi connectivity index (χ0n) is 11.5. The van der Waals surface area contributed by atoms with Crippen molar-refractivity contribution in [3.63, 3.8) is 0 Å². The van der Waals surface area contributed by atoms with E-state index < -0.39 is 0 Å². The predicted molar refractivity (Wildman–Crippen MR) is 75.2 cm³/mol. The Kier molecular flexibility index (Phi) is 11.4. The molecule has 0 saturated heterocycles. The molecule has 0 unspecified atom stereocenters. The van der Waals surface area contributed by atoms with E-state index in [1.165, 1.54) is 0 Å². The quantitative estimate of drug-likeness (QED) is 0.478. The van der Waals surface area contributed by atoms with Crippen molar-refractivity contribution in [3.05, 3.63) is 91.4 Å². The van der Waals surface area contributed by atoms with Crippen LogP contribution < -0.4 is 0 Å². The van der Waals surface area contributed by atoms with E-state index in [9.17, 15) is 0 Å². The van der Waals surface area contributed by atoms with Gasteiger partial charge in [-0.15, -0.1) is 25.0 Å². The van der Waals surface area contributed by atoms with Crippen LogP contribution >= 0.6 is 0 Å². The summed E-state index contributed by atoms with van der Waals surface area (Å²) in [5, 5.41) is 0. The Labute approximate surface area is 127 Å². The van der Waals surface area contributed by atoms with E-state index in [0.717, 1.165) is 18.4 Å². The van der Waals surface area contributed by atoms with Gasteiger partial charge < -0.3 is 1.43 Å². The van der Waals surface area contributed by atoms with E-state index >= 15 is 0 Å². The van der Waals surface area contributed by atoms with Crippen molar-refractivity contribution in [3.8, 4) is 0 Å². The molecular formula is C17H18Ti. The summed E-state index contributed by atoms with van der Waals surface area (Å²) >= 11 is 0. The molecule has 0 heterocycles. The largest absolute Gasteiger partial charge is 4.00 e. The zero-order chi connectivity index (χ0) is 12.2. The van der Waals surface area contributed by atoms with E-state index in [1.807, 2.05) is 54.6 Å². The third-order valence-corrected chi connectivity index (χ3v) is 2.01. The van der Waals surface area contributed by atoms with Gasteiger partial charge in [-0.1, -0.05) is 6.07 Å². The number of rotatable bonds is 0. The minimum Gasteiger partial charge on any atom is -1.00 e. The average molecular weight is 270 g/mol. The molecule has 18 heavy (non-hydrogen) atoms. The van der Waals surface area contributed by atoms with E-state index in [0.29, 0.717) is 0 Å². The Balaban J connectivity index is 0. The standard InChI is InChI=1S/C7H7.2C5H5.Ti.H/c1-7-5-3-2-4-6-7;2*1-2-4-5-3-1;;/h2-6H,1H2;2*1-3H,4H2;;/q3*-1;+4;-1. The summed E-state index contributed by atoms with van der Waals surface area (Å²) in [7, 11) is 0. The molecular weight excluding hydrogens is 252 g/mol. The second-order valence-electron chi connectivity index (χ2n) is 3.49. The predicted octanol–water partition coefficient (Wildman–Crippen LogP) is 4.59. The average Bonchev–Trinajstić information content (AvgIpc) is 3.09. The molecule has 2 aliphatic carbocycles. The van der Waals surface area contributed by atoms with E-state index in [2.05, 4.69) is 31.2 Å². The first-order valence-corrected chi connectivity index (χ1v) is 5.70. The first-order valence-electron chi connectivity index (χ1n) is 5.70. The molecule has 1 aromatic carbocycles. The number of benzene rings is 1. The second kappa shape index (κ2) is 12.2. The Bertz CT molecular complexity index is 361. The third kappa shape index (κ3) is 9.95. The van der Waals surface area contributed by atoms with Crippen LogP contribution in [-0.4, -0.2) is 0 Å². The fourth-order valence-corrected chi connectivity index (χ4v) is 1.16. The molecule has 1 heteroatoms. The number of allylic oxidation sites excluding steroid dienone is 8. The third-order valence-electron chi connectivity index (χ3n) is 2.01. The topological polar surface area (TPSA) is 0 Å². The second-order valence-corrected chi connectivity index (χ2v) is 3.49. The summed E-state index contributed by atoms with van der Waals surface area (Å²) in [5.41, 5.74) is 1.07. The Hall–Kier alpha value is -1.24. The van der Waals surface area contributed by atoms with Gasteiger partial charge in [-0.05, 0) is 0 Å². The monoisotopic (exact) mass is 270 g/mol. The minimum atomic E-state index is 0. The molecule has 0 aromatic heterocycles. The summed E-state index contributed by atoms with van der Waals surface area (Å²) in [6.45, 7) is 3.72. The molecule has 0 saturated carbocycles. The molecule has 2 aliphatic rings. The summed E-state index contributed by atoms with van der Waals surface area (Å²) in [6.07, 6.45) is 20.0. The normalized spacial score (nSPS) is 13.1. The summed E-state index contributed by atoms with van der Waals surface area (Å²) in [4.78, 5) is 0. The summed E-state index contributed by atoms with van der Waals surface area (Å²) < 4.78 is 0. The van der Waals surface area contributed by atoms with Gasteiger partial charge in [-0.3, -0.25) is 12.2 Å². The maximum atomic E-state index is 3.72. The van der Waals surface area contributed by atoms with Gasteiger partial charge in [0.25, 0.3) is 0 Å². The van der Waals surface area contributed by atoms with Crippen LogP contribution in [0.3, 0.4) is 0 Å². The molecule has 0 amide bonds. The van der Waals surface area contributed by atoms with Crippen molar-refractivity contribution in [2.45, 2.75) is 12.8 Å². The van der Waals surface area contributed by atoms with Gasteiger partial charge in [0.2, 0.25) is 0 Å².